The Bertz CT molecular complexity index is 1250. The molecular formula is C23H23N3O5S. The van der Waals surface area contributed by atoms with Crippen LogP contribution in [0.2, 0.25) is 0 Å². The van der Waals surface area contributed by atoms with Crippen LogP contribution < -0.4 is 20.1 Å². The Hall–Kier alpha value is -3.85. The Balaban J connectivity index is 1.92. The van der Waals surface area contributed by atoms with Crippen LogP contribution in [0.4, 0.5) is 17.1 Å². The van der Waals surface area contributed by atoms with Crippen molar-refractivity contribution in [3.63, 3.8) is 0 Å². The fourth-order valence-corrected chi connectivity index (χ4v) is 4.25. The van der Waals surface area contributed by atoms with Crippen LogP contribution in [0.25, 0.3) is 0 Å². The number of amides is 2. The van der Waals surface area contributed by atoms with Gasteiger partial charge in [0.1, 0.15) is 10.6 Å². The third-order valence-electron chi connectivity index (χ3n) is 4.50. The summed E-state index contributed by atoms with van der Waals surface area (Å²) in [4.78, 5) is 24.0. The molecule has 3 aromatic rings. The van der Waals surface area contributed by atoms with Gasteiger partial charge in [0, 0.05) is 18.3 Å². The van der Waals surface area contributed by atoms with E-state index in [1.54, 1.807) is 24.3 Å². The molecule has 0 atom stereocenters. The largest absolute Gasteiger partial charge is 0.495 e. The lowest BCUT2D eigenvalue weighted by Gasteiger charge is -2.15. The summed E-state index contributed by atoms with van der Waals surface area (Å²) in [6.07, 6.45) is 0. The summed E-state index contributed by atoms with van der Waals surface area (Å²) in [5, 5.41) is 5.30. The van der Waals surface area contributed by atoms with Crippen molar-refractivity contribution >= 4 is 38.9 Å². The number of carbonyl (C=O) groups is 2. The molecule has 0 fully saturated rings. The number of rotatable bonds is 7. The second-order valence-corrected chi connectivity index (χ2v) is 8.67. The fourth-order valence-electron chi connectivity index (χ4n) is 2.97. The number of carbonyl (C=O) groups excluding carboxylic acids is 2. The van der Waals surface area contributed by atoms with Crippen molar-refractivity contribution in [1.29, 1.82) is 0 Å². The molecule has 8 nitrogen and oxygen atoms in total. The highest BCUT2D eigenvalue weighted by molar-refractivity contribution is 7.92. The van der Waals surface area contributed by atoms with Crippen molar-refractivity contribution in [2.75, 3.05) is 22.5 Å². The zero-order valence-electron chi connectivity index (χ0n) is 17.8. The second-order valence-electron chi connectivity index (χ2n) is 7.02. The van der Waals surface area contributed by atoms with E-state index in [1.807, 2.05) is 19.1 Å². The van der Waals surface area contributed by atoms with Gasteiger partial charge in [-0.05, 0) is 49.4 Å². The summed E-state index contributed by atoms with van der Waals surface area (Å²) in [5.41, 5.74) is 2.18. The molecule has 2 amide bonds. The van der Waals surface area contributed by atoms with E-state index in [4.69, 9.17) is 4.74 Å². The molecule has 32 heavy (non-hydrogen) atoms. The zero-order chi connectivity index (χ0) is 23.3. The van der Waals surface area contributed by atoms with Crippen LogP contribution in [0.5, 0.6) is 5.75 Å². The number of nitrogens with one attached hydrogen (secondary N) is 3. The molecule has 0 aliphatic rings. The third kappa shape index (κ3) is 5.44. The Kier molecular flexibility index (Phi) is 6.79. The molecule has 3 aromatic carbocycles. The van der Waals surface area contributed by atoms with Crippen molar-refractivity contribution in [3.05, 3.63) is 77.9 Å². The highest BCUT2D eigenvalue weighted by atomic mass is 32.2. The smallest absolute Gasteiger partial charge is 0.265 e. The van der Waals surface area contributed by atoms with Gasteiger partial charge >= 0.3 is 0 Å². The number of aryl methyl sites for hydroxylation is 1. The molecule has 9 heteroatoms. The molecule has 0 bridgehead atoms. The van der Waals surface area contributed by atoms with Gasteiger partial charge < -0.3 is 15.4 Å². The van der Waals surface area contributed by atoms with E-state index in [0.29, 0.717) is 11.4 Å². The molecule has 0 aliphatic heterocycles. The molecule has 0 unspecified atom stereocenters. The Morgan fingerprint density at radius 3 is 2.19 bits per heavy atom. The molecule has 3 N–H and O–H groups in total. The minimum absolute atomic E-state index is 0.0909. The summed E-state index contributed by atoms with van der Waals surface area (Å²) >= 11 is 0. The number of sulfonamides is 1. The average molecular weight is 454 g/mol. The Labute approximate surface area is 186 Å². The van der Waals surface area contributed by atoms with Gasteiger partial charge in [-0.25, -0.2) is 8.42 Å². The molecular weight excluding hydrogens is 430 g/mol. The van der Waals surface area contributed by atoms with Gasteiger partial charge in [-0.15, -0.1) is 0 Å². The van der Waals surface area contributed by atoms with Crippen LogP contribution in [0.1, 0.15) is 22.8 Å². The van der Waals surface area contributed by atoms with Crippen LogP contribution in [-0.2, 0) is 14.8 Å². The monoisotopic (exact) mass is 453 g/mol. The van der Waals surface area contributed by atoms with Crippen molar-refractivity contribution in [2.24, 2.45) is 0 Å². The lowest BCUT2D eigenvalue weighted by molar-refractivity contribution is -0.114. The fraction of sp³-hybridized carbons (Fsp3) is 0.130. The lowest BCUT2D eigenvalue weighted by atomic mass is 10.1. The number of ether oxygens (including phenoxy) is 1. The van der Waals surface area contributed by atoms with Gasteiger partial charge in [0.25, 0.3) is 15.9 Å². The topological polar surface area (TPSA) is 114 Å². The van der Waals surface area contributed by atoms with Crippen LogP contribution >= 0.6 is 0 Å². The standard InChI is InChI=1S/C23H23N3O5S/c1-15-8-10-17(11-9-15)25-23(28)19-6-4-5-7-20(19)26-32(29,30)22-14-18(24-16(2)27)12-13-21(22)31-3/h4-14,26H,1-3H3,(H,24,27)(H,25,28). The predicted molar refractivity (Wildman–Crippen MR) is 124 cm³/mol. The maximum Gasteiger partial charge on any atom is 0.265 e. The van der Waals surface area contributed by atoms with Crippen LogP contribution in [0.3, 0.4) is 0 Å². The molecule has 0 radical (unpaired) electrons. The lowest BCUT2D eigenvalue weighted by Crippen LogP contribution is -2.19. The summed E-state index contributed by atoms with van der Waals surface area (Å²) in [6, 6.07) is 17.8. The molecule has 3 rings (SSSR count). The number of benzene rings is 3. The molecule has 0 aromatic heterocycles. The van der Waals surface area contributed by atoms with Crippen LogP contribution in [0.15, 0.2) is 71.6 Å². The van der Waals surface area contributed by atoms with E-state index in [1.165, 1.54) is 44.4 Å². The number of para-hydroxylation sites is 1. The van der Waals surface area contributed by atoms with Gasteiger partial charge in [-0.1, -0.05) is 29.8 Å². The molecule has 0 saturated heterocycles. The van der Waals surface area contributed by atoms with Gasteiger partial charge in [0.2, 0.25) is 5.91 Å². The molecule has 0 spiro atoms. The SMILES string of the molecule is COc1ccc(NC(C)=O)cc1S(=O)(=O)Nc1ccccc1C(=O)Nc1ccc(C)cc1. The summed E-state index contributed by atoms with van der Waals surface area (Å²) in [5.74, 6) is -0.719. The van der Waals surface area contributed by atoms with Crippen LogP contribution in [-0.4, -0.2) is 27.3 Å². The highest BCUT2D eigenvalue weighted by Gasteiger charge is 2.23. The molecule has 0 aliphatic carbocycles. The van der Waals surface area contributed by atoms with Gasteiger partial charge in [0.05, 0.1) is 18.4 Å². The van der Waals surface area contributed by atoms with E-state index < -0.39 is 15.9 Å². The van der Waals surface area contributed by atoms with E-state index >= 15 is 0 Å². The zero-order valence-corrected chi connectivity index (χ0v) is 18.6. The van der Waals surface area contributed by atoms with Gasteiger partial charge in [0.15, 0.2) is 0 Å². The first-order valence-electron chi connectivity index (χ1n) is 9.65. The summed E-state index contributed by atoms with van der Waals surface area (Å²) < 4.78 is 33.9. The minimum atomic E-state index is -4.16. The summed E-state index contributed by atoms with van der Waals surface area (Å²) in [7, 11) is -2.81. The second kappa shape index (κ2) is 9.52. The first kappa shape index (κ1) is 22.8. The van der Waals surface area contributed by atoms with E-state index in [-0.39, 0.29) is 27.8 Å². The maximum absolute atomic E-state index is 13.2. The van der Waals surface area contributed by atoms with Gasteiger partial charge in [-0.2, -0.15) is 0 Å². The third-order valence-corrected chi connectivity index (χ3v) is 5.89. The van der Waals surface area contributed by atoms with Crippen molar-refractivity contribution in [3.8, 4) is 5.75 Å². The number of hydrogen-bond donors (Lipinski definition) is 3. The van der Waals surface area contributed by atoms with Crippen molar-refractivity contribution in [1.82, 2.24) is 0 Å². The minimum Gasteiger partial charge on any atom is -0.495 e. The Morgan fingerprint density at radius 2 is 1.53 bits per heavy atom. The summed E-state index contributed by atoms with van der Waals surface area (Å²) in [6.45, 7) is 3.25. The predicted octanol–water partition coefficient (Wildman–Crippen LogP) is 4.02. The average Bonchev–Trinajstić information content (AvgIpc) is 2.75. The van der Waals surface area contributed by atoms with Gasteiger partial charge in [-0.3, -0.25) is 14.3 Å². The molecule has 0 heterocycles. The number of anilines is 3. The first-order chi connectivity index (χ1) is 15.2. The normalized spacial score (nSPS) is 10.8. The van der Waals surface area contributed by atoms with E-state index in [2.05, 4.69) is 15.4 Å². The molecule has 166 valence electrons. The van der Waals surface area contributed by atoms with E-state index in [9.17, 15) is 18.0 Å². The van der Waals surface area contributed by atoms with Crippen LogP contribution in [0, 0.1) is 6.92 Å². The Morgan fingerprint density at radius 1 is 0.875 bits per heavy atom. The molecule has 0 saturated carbocycles. The van der Waals surface area contributed by atoms with E-state index in [0.717, 1.165) is 5.56 Å². The quantitative estimate of drug-likeness (QED) is 0.500. The van der Waals surface area contributed by atoms with Crippen molar-refractivity contribution in [2.45, 2.75) is 18.7 Å². The first-order valence-corrected chi connectivity index (χ1v) is 11.1. The number of hydrogen-bond acceptors (Lipinski definition) is 5. The number of methoxy groups -OCH3 is 1. The van der Waals surface area contributed by atoms with Crippen molar-refractivity contribution < 1.29 is 22.7 Å². The highest BCUT2D eigenvalue weighted by Crippen LogP contribution is 2.30. The maximum atomic E-state index is 13.2.